The van der Waals surface area contributed by atoms with Crippen LogP contribution in [0.2, 0.25) is 0 Å². The average molecular weight is 409 g/mol. The molecular weight excluding hydrogens is 386 g/mol. The molecule has 10 heteroatoms. The number of amides is 2. The van der Waals surface area contributed by atoms with Gasteiger partial charge in [0.25, 0.3) is 5.91 Å². The Bertz CT molecular complexity index is 845. The normalized spacial score (nSPS) is 25.4. The lowest BCUT2D eigenvalue weighted by Gasteiger charge is -2.30. The second-order valence-electron chi connectivity index (χ2n) is 6.95. The minimum Gasteiger partial charge on any atom is -0.379 e. The summed E-state index contributed by atoms with van der Waals surface area (Å²) in [6.07, 6.45) is 0.132. The van der Waals surface area contributed by atoms with Gasteiger partial charge in [-0.3, -0.25) is 14.5 Å². The standard InChI is InChI=1S/C18H23N3O6S/c22-17-13-16(19-5-9-26-10-6-19)18(23)21(17)14-1-3-15(4-2-14)28(24,25)20-7-11-27-12-8-20/h1-4,16H,5-13H2/t16-/m1/s1. The number of rotatable bonds is 4. The first-order chi connectivity index (χ1) is 13.5. The van der Waals surface area contributed by atoms with Gasteiger partial charge in [0.05, 0.1) is 49.5 Å². The van der Waals surface area contributed by atoms with E-state index in [2.05, 4.69) is 0 Å². The van der Waals surface area contributed by atoms with Gasteiger partial charge in [0, 0.05) is 26.2 Å². The highest BCUT2D eigenvalue weighted by Crippen LogP contribution is 2.28. The monoisotopic (exact) mass is 409 g/mol. The van der Waals surface area contributed by atoms with E-state index in [1.807, 2.05) is 4.90 Å². The molecule has 3 aliphatic rings. The maximum absolute atomic E-state index is 12.8. The van der Waals surface area contributed by atoms with E-state index in [4.69, 9.17) is 9.47 Å². The third kappa shape index (κ3) is 3.58. The fourth-order valence-electron chi connectivity index (χ4n) is 3.76. The number of carbonyl (C=O) groups is 2. The lowest BCUT2D eigenvalue weighted by Crippen LogP contribution is -2.47. The molecule has 152 valence electrons. The van der Waals surface area contributed by atoms with Crippen molar-refractivity contribution in [3.8, 4) is 0 Å². The zero-order chi connectivity index (χ0) is 19.7. The highest BCUT2D eigenvalue weighted by atomic mass is 32.2. The Kier molecular flexibility index (Phi) is 5.48. The summed E-state index contributed by atoms with van der Waals surface area (Å²) in [6, 6.07) is 5.45. The highest BCUT2D eigenvalue weighted by Gasteiger charge is 2.43. The van der Waals surface area contributed by atoms with E-state index >= 15 is 0 Å². The molecule has 2 amide bonds. The highest BCUT2D eigenvalue weighted by molar-refractivity contribution is 7.89. The summed E-state index contributed by atoms with van der Waals surface area (Å²) in [6.45, 7) is 3.71. The topological polar surface area (TPSA) is 96.5 Å². The van der Waals surface area contributed by atoms with Crippen LogP contribution in [0.15, 0.2) is 29.2 Å². The van der Waals surface area contributed by atoms with Gasteiger partial charge in [-0.25, -0.2) is 13.3 Å². The number of imide groups is 1. The Morgan fingerprint density at radius 2 is 1.43 bits per heavy atom. The number of benzene rings is 1. The molecule has 3 fully saturated rings. The van der Waals surface area contributed by atoms with E-state index < -0.39 is 16.1 Å². The van der Waals surface area contributed by atoms with Crippen LogP contribution in [0.1, 0.15) is 6.42 Å². The summed E-state index contributed by atoms with van der Waals surface area (Å²) < 4.78 is 37.3. The van der Waals surface area contributed by atoms with Crippen molar-refractivity contribution in [3.63, 3.8) is 0 Å². The molecule has 1 atom stereocenters. The van der Waals surface area contributed by atoms with Gasteiger partial charge < -0.3 is 9.47 Å². The predicted octanol–water partition coefficient (Wildman–Crippen LogP) is -0.328. The van der Waals surface area contributed by atoms with Crippen LogP contribution >= 0.6 is 0 Å². The smallest absolute Gasteiger partial charge is 0.251 e. The van der Waals surface area contributed by atoms with Crippen molar-refractivity contribution >= 4 is 27.5 Å². The van der Waals surface area contributed by atoms with Crippen LogP contribution in [0, 0.1) is 0 Å². The first kappa shape index (κ1) is 19.5. The zero-order valence-corrected chi connectivity index (χ0v) is 16.3. The molecule has 0 aliphatic carbocycles. The van der Waals surface area contributed by atoms with Crippen molar-refractivity contribution in [3.05, 3.63) is 24.3 Å². The van der Waals surface area contributed by atoms with Gasteiger partial charge >= 0.3 is 0 Å². The van der Waals surface area contributed by atoms with Gasteiger partial charge in [-0.1, -0.05) is 0 Å². The number of ether oxygens (including phenoxy) is 2. The lowest BCUT2D eigenvalue weighted by molar-refractivity contribution is -0.123. The van der Waals surface area contributed by atoms with Crippen molar-refractivity contribution in [1.82, 2.24) is 9.21 Å². The van der Waals surface area contributed by atoms with Gasteiger partial charge in [0.15, 0.2) is 0 Å². The van der Waals surface area contributed by atoms with E-state index in [1.54, 1.807) is 0 Å². The second kappa shape index (κ2) is 7.88. The van der Waals surface area contributed by atoms with Crippen molar-refractivity contribution in [1.29, 1.82) is 0 Å². The Hall–Kier alpha value is -1.85. The van der Waals surface area contributed by atoms with Crippen LogP contribution in [0.3, 0.4) is 0 Å². The Labute approximate surface area is 163 Å². The minimum atomic E-state index is -3.61. The number of sulfonamides is 1. The third-order valence-electron chi connectivity index (χ3n) is 5.31. The second-order valence-corrected chi connectivity index (χ2v) is 8.88. The third-order valence-corrected chi connectivity index (χ3v) is 7.22. The van der Waals surface area contributed by atoms with Crippen LogP contribution in [0.5, 0.6) is 0 Å². The molecule has 0 radical (unpaired) electrons. The number of anilines is 1. The molecule has 4 rings (SSSR count). The minimum absolute atomic E-state index is 0.132. The quantitative estimate of drug-likeness (QED) is 0.629. The van der Waals surface area contributed by atoms with Gasteiger partial charge in [0.1, 0.15) is 0 Å². The fraction of sp³-hybridized carbons (Fsp3) is 0.556. The maximum Gasteiger partial charge on any atom is 0.251 e. The van der Waals surface area contributed by atoms with Crippen LogP contribution in [0.4, 0.5) is 5.69 Å². The number of nitrogens with zero attached hydrogens (tertiary/aromatic N) is 3. The van der Waals surface area contributed by atoms with Crippen molar-refractivity contribution in [2.45, 2.75) is 17.4 Å². The largest absolute Gasteiger partial charge is 0.379 e. The van der Waals surface area contributed by atoms with Gasteiger partial charge in [-0.15, -0.1) is 0 Å². The molecule has 0 spiro atoms. The number of hydrogen-bond acceptors (Lipinski definition) is 7. The SMILES string of the molecule is O=C1C[C@@H](N2CCOCC2)C(=O)N1c1ccc(S(=O)(=O)N2CCOCC2)cc1. The molecule has 3 aliphatic heterocycles. The molecule has 3 saturated heterocycles. The predicted molar refractivity (Wildman–Crippen MR) is 99.3 cm³/mol. The van der Waals surface area contributed by atoms with Gasteiger partial charge in [-0.05, 0) is 24.3 Å². The molecule has 1 aromatic carbocycles. The maximum atomic E-state index is 12.8. The number of hydrogen-bond donors (Lipinski definition) is 0. The van der Waals surface area contributed by atoms with Crippen LogP contribution in [-0.2, 0) is 29.1 Å². The molecule has 28 heavy (non-hydrogen) atoms. The number of carbonyl (C=O) groups excluding carboxylic acids is 2. The van der Waals surface area contributed by atoms with E-state index in [0.717, 1.165) is 4.90 Å². The molecule has 0 N–H and O–H groups in total. The summed E-state index contributed by atoms with van der Waals surface area (Å²) in [5, 5.41) is 0. The Morgan fingerprint density at radius 1 is 0.857 bits per heavy atom. The summed E-state index contributed by atoms with van der Waals surface area (Å²) in [5.41, 5.74) is 0.395. The molecule has 0 saturated carbocycles. The Morgan fingerprint density at radius 3 is 2.04 bits per heavy atom. The lowest BCUT2D eigenvalue weighted by atomic mass is 10.2. The van der Waals surface area contributed by atoms with Gasteiger partial charge in [-0.2, -0.15) is 4.31 Å². The zero-order valence-electron chi connectivity index (χ0n) is 15.5. The number of morpholine rings is 2. The fourth-order valence-corrected chi connectivity index (χ4v) is 5.17. The van der Waals surface area contributed by atoms with Crippen molar-refractivity contribution in [2.75, 3.05) is 57.5 Å². The molecule has 1 aromatic rings. The van der Waals surface area contributed by atoms with Crippen LogP contribution < -0.4 is 4.90 Å². The molecule has 9 nitrogen and oxygen atoms in total. The van der Waals surface area contributed by atoms with Crippen LogP contribution in [-0.4, -0.2) is 88.1 Å². The Balaban J connectivity index is 1.52. The average Bonchev–Trinajstić information content (AvgIpc) is 3.03. The summed E-state index contributed by atoms with van der Waals surface area (Å²) in [5.74, 6) is -0.541. The van der Waals surface area contributed by atoms with Crippen LogP contribution in [0.25, 0.3) is 0 Å². The van der Waals surface area contributed by atoms with Crippen molar-refractivity contribution in [2.24, 2.45) is 0 Å². The van der Waals surface area contributed by atoms with E-state index in [-0.39, 0.29) is 23.1 Å². The van der Waals surface area contributed by atoms with E-state index in [1.165, 1.54) is 28.6 Å². The molecule has 0 unspecified atom stereocenters. The van der Waals surface area contributed by atoms with E-state index in [0.29, 0.717) is 58.3 Å². The summed E-state index contributed by atoms with van der Waals surface area (Å²) in [7, 11) is -3.61. The molecule has 0 aromatic heterocycles. The molecule has 0 bridgehead atoms. The van der Waals surface area contributed by atoms with Crippen molar-refractivity contribution < 1.29 is 27.5 Å². The van der Waals surface area contributed by atoms with Gasteiger partial charge in [0.2, 0.25) is 15.9 Å². The first-order valence-electron chi connectivity index (χ1n) is 9.35. The summed E-state index contributed by atoms with van der Waals surface area (Å²) in [4.78, 5) is 28.6. The van der Waals surface area contributed by atoms with E-state index in [9.17, 15) is 18.0 Å². The molecule has 3 heterocycles. The molecular formula is C18H23N3O6S. The first-order valence-corrected chi connectivity index (χ1v) is 10.8. The summed E-state index contributed by atoms with van der Waals surface area (Å²) >= 11 is 0.